The van der Waals surface area contributed by atoms with Gasteiger partial charge in [0, 0.05) is 33.7 Å². The predicted octanol–water partition coefficient (Wildman–Crippen LogP) is 15.9. The fourth-order valence-electron chi connectivity index (χ4n) is 12.7. The topological polar surface area (TPSA) is 24.9 Å². The molecule has 0 aromatic heterocycles. The van der Waals surface area contributed by atoms with Gasteiger partial charge in [-0.25, -0.2) is 0 Å². The first-order valence-electron chi connectivity index (χ1n) is 28.2. The van der Waals surface area contributed by atoms with Crippen molar-refractivity contribution in [1.29, 1.82) is 0 Å². The molecular weight excluding hydrogens is 922 g/mol. The highest BCUT2D eigenvalue weighted by Crippen LogP contribution is 2.54. The largest absolute Gasteiger partial charge is 0.456 e. The van der Waals surface area contributed by atoms with Gasteiger partial charge in [0.1, 0.15) is 23.0 Å². The fourth-order valence-corrected chi connectivity index (χ4v) is 12.7. The molecular formula is C70H66B2N2O2. The molecule has 4 unspecified atom stereocenters. The summed E-state index contributed by atoms with van der Waals surface area (Å²) in [6.45, 7) is 18.2. The number of anilines is 6. The number of nitrogens with zero attached hydrogens (tertiary/aromatic N) is 2. The molecule has 9 aromatic rings. The molecule has 4 atom stereocenters. The molecule has 4 heterocycles. The molecule has 6 heteroatoms. The normalized spacial score (nSPS) is 14.9. The van der Waals surface area contributed by atoms with Gasteiger partial charge in [-0.3, -0.25) is 0 Å². The Hall–Kier alpha value is -7.69. The van der Waals surface area contributed by atoms with Gasteiger partial charge < -0.3 is 19.3 Å². The lowest BCUT2D eigenvalue weighted by atomic mass is 9.31. The van der Waals surface area contributed by atoms with Gasteiger partial charge >= 0.3 is 0 Å². The van der Waals surface area contributed by atoms with Crippen LogP contribution < -0.4 is 52.1 Å². The Balaban J connectivity index is 1.18. The number of rotatable bonds is 12. The molecule has 13 rings (SSSR count). The molecule has 0 saturated carbocycles. The van der Waals surface area contributed by atoms with Crippen LogP contribution in [0.2, 0.25) is 0 Å². The van der Waals surface area contributed by atoms with Gasteiger partial charge in [-0.2, -0.15) is 0 Å². The van der Waals surface area contributed by atoms with Gasteiger partial charge in [0.15, 0.2) is 0 Å². The molecule has 9 aromatic carbocycles. The molecule has 0 fully saturated rings. The average molecular weight is 989 g/mol. The van der Waals surface area contributed by atoms with E-state index in [0.717, 1.165) is 93.3 Å². The second-order valence-electron chi connectivity index (χ2n) is 22.2. The number of ether oxygens (including phenoxy) is 2. The lowest BCUT2D eigenvalue weighted by Crippen LogP contribution is -2.64. The van der Waals surface area contributed by atoms with Gasteiger partial charge in [-0.05, 0) is 164 Å². The maximum Gasteiger partial charge on any atom is 0.256 e. The first-order valence-corrected chi connectivity index (χ1v) is 28.2. The van der Waals surface area contributed by atoms with Crippen molar-refractivity contribution in [2.45, 2.75) is 105 Å². The van der Waals surface area contributed by atoms with E-state index in [1.165, 1.54) is 66.8 Å². The number of fused-ring (bicyclic) bond motifs is 10. The minimum atomic E-state index is -0.179. The molecule has 0 amide bonds. The van der Waals surface area contributed by atoms with Crippen LogP contribution in [0.5, 0.6) is 23.0 Å². The minimum absolute atomic E-state index is 0.179. The summed E-state index contributed by atoms with van der Waals surface area (Å²) in [5.74, 6) is 5.18. The second-order valence-corrected chi connectivity index (χ2v) is 22.2. The van der Waals surface area contributed by atoms with E-state index < -0.39 is 0 Å². The van der Waals surface area contributed by atoms with E-state index >= 15 is 0 Å². The molecule has 374 valence electrons. The Morgan fingerprint density at radius 2 is 0.711 bits per heavy atom. The van der Waals surface area contributed by atoms with Gasteiger partial charge in [-0.1, -0.05) is 189 Å². The van der Waals surface area contributed by atoms with Gasteiger partial charge in [0.2, 0.25) is 0 Å². The molecule has 0 saturated heterocycles. The standard InChI is InChI=1S/C70H66B2N2O2/c1-9-43(5)47-23-31-55(32-24-47)73-61-35-27-51(45(7)11-3)39-57(61)71-59-41-53(49-19-15-13-16-20-49)30-38-64(59)76-70-65(71)67(73)69-66-68(70)74(56-33-25-48(26-34-56)44(6)10-2)62-36-28-52(46(8)12-4)40-58(62)72(66)60-42-54(29-37-63(60)75-69)50-21-17-14-18-22-50/h13-46H,9-12H2,1-8H3. The van der Waals surface area contributed by atoms with Crippen molar-refractivity contribution in [2.75, 3.05) is 9.80 Å². The predicted molar refractivity (Wildman–Crippen MR) is 324 cm³/mol. The summed E-state index contributed by atoms with van der Waals surface area (Å²) in [5.41, 5.74) is 23.9. The summed E-state index contributed by atoms with van der Waals surface area (Å²) in [4.78, 5) is 5.07. The Morgan fingerprint density at radius 3 is 1.08 bits per heavy atom. The van der Waals surface area contributed by atoms with Crippen LogP contribution in [0.4, 0.5) is 34.1 Å². The maximum atomic E-state index is 7.83. The van der Waals surface area contributed by atoms with Gasteiger partial charge in [0.05, 0.1) is 11.4 Å². The zero-order chi connectivity index (χ0) is 51.9. The van der Waals surface area contributed by atoms with Crippen molar-refractivity contribution in [3.05, 3.63) is 204 Å². The minimum Gasteiger partial charge on any atom is -0.456 e. The molecule has 4 aliphatic heterocycles. The van der Waals surface area contributed by atoms with Crippen LogP contribution in [-0.2, 0) is 0 Å². The molecule has 0 N–H and O–H groups in total. The van der Waals surface area contributed by atoms with Crippen LogP contribution in [0.1, 0.15) is 127 Å². The second kappa shape index (κ2) is 19.2. The first-order chi connectivity index (χ1) is 37.2. The van der Waals surface area contributed by atoms with E-state index in [9.17, 15) is 0 Å². The maximum absolute atomic E-state index is 7.83. The third kappa shape index (κ3) is 7.65. The third-order valence-corrected chi connectivity index (χ3v) is 18.0. The van der Waals surface area contributed by atoms with Gasteiger partial charge in [-0.15, -0.1) is 0 Å². The van der Waals surface area contributed by atoms with Crippen molar-refractivity contribution in [3.8, 4) is 45.3 Å². The summed E-state index contributed by atoms with van der Waals surface area (Å²) >= 11 is 0. The van der Waals surface area contributed by atoms with Crippen molar-refractivity contribution in [1.82, 2.24) is 0 Å². The molecule has 0 radical (unpaired) electrons. The highest BCUT2D eigenvalue weighted by molar-refractivity contribution is 7.02. The quantitative estimate of drug-likeness (QED) is 0.114. The zero-order valence-electron chi connectivity index (χ0n) is 45.3. The van der Waals surface area contributed by atoms with E-state index in [1.807, 2.05) is 0 Å². The fraction of sp³-hybridized carbons (Fsp3) is 0.229. The Bertz CT molecular complexity index is 3440. The summed E-state index contributed by atoms with van der Waals surface area (Å²) in [5, 5.41) is 0. The summed E-state index contributed by atoms with van der Waals surface area (Å²) in [7, 11) is 0. The van der Waals surface area contributed by atoms with Gasteiger partial charge in [0.25, 0.3) is 13.4 Å². The molecule has 0 spiro atoms. The first kappa shape index (κ1) is 48.0. The van der Waals surface area contributed by atoms with Crippen LogP contribution in [-0.4, -0.2) is 13.4 Å². The van der Waals surface area contributed by atoms with Crippen LogP contribution in [0.15, 0.2) is 182 Å². The zero-order valence-corrected chi connectivity index (χ0v) is 45.3. The highest BCUT2D eigenvalue weighted by atomic mass is 16.5. The van der Waals surface area contributed by atoms with Crippen molar-refractivity contribution < 1.29 is 9.47 Å². The Labute approximate surface area is 451 Å². The molecule has 4 nitrogen and oxygen atoms in total. The number of benzene rings is 9. The van der Waals surface area contributed by atoms with E-state index in [-0.39, 0.29) is 13.4 Å². The summed E-state index contributed by atoms with van der Waals surface area (Å²) in [6, 6.07) is 68.8. The molecule has 0 aliphatic carbocycles. The molecule has 76 heavy (non-hydrogen) atoms. The van der Waals surface area contributed by atoms with E-state index in [2.05, 4.69) is 247 Å². The van der Waals surface area contributed by atoms with E-state index in [1.54, 1.807) is 0 Å². The summed E-state index contributed by atoms with van der Waals surface area (Å²) in [6.07, 6.45) is 4.25. The molecule has 0 bridgehead atoms. The Morgan fingerprint density at radius 1 is 0.355 bits per heavy atom. The van der Waals surface area contributed by atoms with Crippen molar-refractivity contribution in [2.24, 2.45) is 0 Å². The lowest BCUT2D eigenvalue weighted by Gasteiger charge is -2.47. The van der Waals surface area contributed by atoms with E-state index in [0.29, 0.717) is 23.7 Å². The SMILES string of the molecule is CCC(C)c1ccc(N2c3ccc(C(C)CC)cc3B3c4cc(-c5ccccc5)ccc4Oc4c3c2c2c3c4N(c4ccc(C(C)CC)cc4)c4ccc(C(C)CC)cc4B3c3cc(-c4ccccc4)ccc3O2)cc1. The van der Waals surface area contributed by atoms with E-state index in [4.69, 9.17) is 9.47 Å². The van der Waals surface area contributed by atoms with Crippen LogP contribution in [0.3, 0.4) is 0 Å². The summed E-state index contributed by atoms with van der Waals surface area (Å²) < 4.78 is 15.7. The number of hydrogen-bond acceptors (Lipinski definition) is 4. The number of hydrogen-bond donors (Lipinski definition) is 0. The monoisotopic (exact) mass is 989 g/mol. The lowest BCUT2D eigenvalue weighted by molar-refractivity contribution is 0.477. The molecule has 4 aliphatic rings. The van der Waals surface area contributed by atoms with Crippen molar-refractivity contribution in [3.63, 3.8) is 0 Å². The van der Waals surface area contributed by atoms with Crippen LogP contribution >= 0.6 is 0 Å². The van der Waals surface area contributed by atoms with Crippen LogP contribution in [0.25, 0.3) is 22.3 Å². The third-order valence-electron chi connectivity index (χ3n) is 18.0. The van der Waals surface area contributed by atoms with Crippen molar-refractivity contribution >= 4 is 80.3 Å². The highest BCUT2D eigenvalue weighted by Gasteiger charge is 2.52. The smallest absolute Gasteiger partial charge is 0.256 e. The Kier molecular flexibility index (Phi) is 12.1. The average Bonchev–Trinajstić information content (AvgIpc) is 3.62. The van der Waals surface area contributed by atoms with Crippen LogP contribution in [0, 0.1) is 0 Å².